The molecule has 3 heteroatoms. The smallest absolute Gasteiger partial charge is 0.156 e. The van der Waals surface area contributed by atoms with Crippen molar-refractivity contribution in [3.05, 3.63) is 0 Å². The third-order valence-electron chi connectivity index (χ3n) is 42.5. The summed E-state index contributed by atoms with van der Waals surface area (Å²) in [4.78, 5) is 8.12. The maximum atomic E-state index is 4.10. The zero-order chi connectivity index (χ0) is 69.9. The number of hydrogen-bond acceptors (Lipinski definition) is 2. The second-order valence-electron chi connectivity index (χ2n) is 47.2. The van der Waals surface area contributed by atoms with Crippen LogP contribution in [0.15, 0.2) is 0 Å². The van der Waals surface area contributed by atoms with Gasteiger partial charge in [0.1, 0.15) is 0 Å². The Hall–Kier alpha value is -0.0151. The summed E-state index contributed by atoms with van der Waals surface area (Å²) in [5, 5.41) is 0. The topological polar surface area (TPSA) is 6.48 Å². The molecule has 23 unspecified atom stereocenters. The predicted octanol–water partition coefficient (Wildman–Crippen LogP) is 28.5. The van der Waals surface area contributed by atoms with Gasteiger partial charge in [0.15, 0.2) is 6.71 Å². The average molecular weight is 1430 g/mol. The molecule has 105 heavy (non-hydrogen) atoms. The molecule has 20 fully saturated rings. The summed E-state index contributed by atoms with van der Waals surface area (Å²) in [7, 11) is 0. The van der Waals surface area contributed by atoms with E-state index in [9.17, 15) is 0 Å². The zero-order valence-corrected chi connectivity index (χ0v) is 69.6. The molecule has 0 N–H and O–H groups in total. The molecular formula is C102H169BN2. The summed E-state index contributed by atoms with van der Waals surface area (Å²) in [6.07, 6.45) is 99.6. The van der Waals surface area contributed by atoms with E-state index in [1.165, 1.54) is 0 Å². The van der Waals surface area contributed by atoms with Gasteiger partial charge in [0, 0.05) is 36.3 Å². The molecule has 20 rings (SSSR count). The van der Waals surface area contributed by atoms with Crippen molar-refractivity contribution < 1.29 is 0 Å². The van der Waals surface area contributed by atoms with Gasteiger partial charge in [0.05, 0.1) is 0 Å². The second-order valence-corrected chi connectivity index (χ2v) is 47.2. The fourth-order valence-corrected chi connectivity index (χ4v) is 38.6. The molecule has 0 amide bonds. The molecule has 2 heterocycles. The minimum Gasteiger partial charge on any atom is -0.295 e. The third kappa shape index (κ3) is 14.2. The van der Waals surface area contributed by atoms with Crippen LogP contribution in [0.4, 0.5) is 0 Å². The van der Waals surface area contributed by atoms with E-state index in [2.05, 4.69) is 30.6 Å². The average Bonchev–Trinajstić information content (AvgIpc) is 0.688. The van der Waals surface area contributed by atoms with Crippen molar-refractivity contribution >= 4 is 6.71 Å². The monoisotopic (exact) mass is 1430 g/mol. The summed E-state index contributed by atoms with van der Waals surface area (Å²) in [5.41, 5.74) is 0.456. The lowest BCUT2D eigenvalue weighted by Crippen LogP contribution is -2.77. The van der Waals surface area contributed by atoms with E-state index in [4.69, 9.17) is 0 Å². The largest absolute Gasteiger partial charge is 0.295 e. The van der Waals surface area contributed by atoms with E-state index in [0.29, 0.717) is 5.41 Å². The maximum absolute atomic E-state index is 4.10. The fraction of sp³-hybridized carbons (Fsp3) is 1.00. The Morgan fingerprint density at radius 1 is 0.200 bits per heavy atom. The summed E-state index contributed by atoms with van der Waals surface area (Å²) in [5.74, 6) is 31.0. The molecular weight excluding hydrogens is 1260 g/mol. The van der Waals surface area contributed by atoms with Crippen LogP contribution >= 0.6 is 0 Å². The summed E-state index contributed by atoms with van der Waals surface area (Å²) in [6, 6.07) is 5.30. The zero-order valence-electron chi connectivity index (χ0n) is 69.6. The molecule has 2 nitrogen and oxygen atoms in total. The van der Waals surface area contributed by atoms with Crippen molar-refractivity contribution in [2.45, 2.75) is 473 Å². The molecule has 0 aromatic carbocycles. The Kier molecular flexibility index (Phi) is 22.7. The second kappa shape index (κ2) is 32.2. The van der Waals surface area contributed by atoms with E-state index in [1.54, 1.807) is 398 Å². The van der Waals surface area contributed by atoms with E-state index in [0.717, 1.165) is 220 Å². The van der Waals surface area contributed by atoms with Gasteiger partial charge in [-0.25, -0.2) is 0 Å². The van der Waals surface area contributed by atoms with Crippen LogP contribution in [0, 0.1) is 165 Å². The molecule has 2 saturated heterocycles. The number of fused-ring (bicyclic) bond motifs is 6. The van der Waals surface area contributed by atoms with E-state index in [-0.39, 0.29) is 0 Å². The van der Waals surface area contributed by atoms with E-state index >= 15 is 0 Å². The highest BCUT2D eigenvalue weighted by Gasteiger charge is 2.70. The maximum Gasteiger partial charge on any atom is 0.156 e. The van der Waals surface area contributed by atoms with Crippen LogP contribution in [-0.4, -0.2) is 52.8 Å². The first-order chi connectivity index (χ1) is 51.7. The van der Waals surface area contributed by atoms with Crippen molar-refractivity contribution in [3.63, 3.8) is 0 Å². The van der Waals surface area contributed by atoms with E-state index < -0.39 is 0 Å². The Balaban J connectivity index is 0.760. The Bertz CT molecular complexity index is 2690. The molecule has 18 aliphatic carbocycles. The van der Waals surface area contributed by atoms with Crippen LogP contribution < -0.4 is 0 Å². The van der Waals surface area contributed by atoms with Gasteiger partial charge >= 0.3 is 0 Å². The molecule has 0 aromatic heterocycles. The number of nitrogens with zero attached hydrogens (tertiary/aromatic N) is 2. The van der Waals surface area contributed by atoms with Gasteiger partial charge in [-0.05, 0) is 298 Å². The highest BCUT2D eigenvalue weighted by atomic mass is 15.3. The van der Waals surface area contributed by atoms with Gasteiger partial charge in [-0.3, -0.25) is 9.80 Å². The van der Waals surface area contributed by atoms with Crippen LogP contribution in [0.1, 0.15) is 419 Å². The molecule has 20 aliphatic rings. The Labute approximate surface area is 650 Å². The molecule has 0 spiro atoms. The van der Waals surface area contributed by atoms with Crippen LogP contribution in [0.2, 0.25) is 17.5 Å². The van der Waals surface area contributed by atoms with Gasteiger partial charge in [-0.2, -0.15) is 0 Å². The van der Waals surface area contributed by atoms with Crippen molar-refractivity contribution in [1.82, 2.24) is 9.80 Å². The van der Waals surface area contributed by atoms with Crippen molar-refractivity contribution in [2.24, 2.45) is 165 Å². The van der Waals surface area contributed by atoms with Crippen molar-refractivity contribution in [2.75, 3.05) is 0 Å². The normalized spacial score (nSPS) is 49.5. The quantitative estimate of drug-likeness (QED) is 0.190. The van der Waals surface area contributed by atoms with Gasteiger partial charge in [0.25, 0.3) is 0 Å². The lowest BCUT2D eigenvalue weighted by molar-refractivity contribution is -0.156. The predicted molar refractivity (Wildman–Crippen MR) is 443 cm³/mol. The molecule has 23 atom stereocenters. The minimum absolute atomic E-state index is 0.456. The molecule has 2 aliphatic heterocycles. The standard InChI is InChI=1S/C102H169BN2/c1-102(2,3)82-52-48-69(49-53-82)81-64-95-99-96(65-81)105(101-88(72-38-21-9-22-39-72)59-80(68-32-15-6-16-33-68)60-89(101)73-40-23-10-24-41-73)94-63-76(78-56-77-44-27-46-84-83-45-25-42-74-43-26-47-85(97(74)83)90(61-78)98(77)84)50-54-91(94)103(99)92-62-75(66-28-11-4-12-29-66)51-55-93(92)104(95)100-86(70-34-17-7-18-35-70)57-79(67-30-13-5-14-31-67)58-87(100)71-36-19-8-20-37-71/h66-101H,4-65H2,1-3H3. The van der Waals surface area contributed by atoms with Gasteiger partial charge in [-0.15, -0.1) is 0 Å². The van der Waals surface area contributed by atoms with Gasteiger partial charge in [-0.1, -0.05) is 303 Å². The van der Waals surface area contributed by atoms with Crippen LogP contribution in [0.25, 0.3) is 0 Å². The summed E-state index contributed by atoms with van der Waals surface area (Å²) >= 11 is 0. The van der Waals surface area contributed by atoms with Crippen LogP contribution in [0.3, 0.4) is 0 Å². The molecule has 18 saturated carbocycles. The van der Waals surface area contributed by atoms with Gasteiger partial charge < -0.3 is 0 Å². The van der Waals surface area contributed by atoms with Gasteiger partial charge in [0.2, 0.25) is 0 Å². The molecule has 0 aromatic rings. The molecule has 0 radical (unpaired) electrons. The Morgan fingerprint density at radius 2 is 0.524 bits per heavy atom. The highest BCUT2D eigenvalue weighted by Crippen LogP contribution is 2.72. The molecule has 0 bridgehead atoms. The number of rotatable bonds is 11. The van der Waals surface area contributed by atoms with Crippen molar-refractivity contribution in [3.8, 4) is 0 Å². The van der Waals surface area contributed by atoms with E-state index in [1.807, 2.05) is 0 Å². The first kappa shape index (κ1) is 73.8. The molecule has 590 valence electrons. The minimum atomic E-state index is 0.456. The van der Waals surface area contributed by atoms with Crippen LogP contribution in [-0.2, 0) is 0 Å². The van der Waals surface area contributed by atoms with Crippen LogP contribution in [0.5, 0.6) is 0 Å². The lowest BCUT2D eigenvalue weighted by Gasteiger charge is -2.73. The fourth-order valence-electron chi connectivity index (χ4n) is 38.6. The van der Waals surface area contributed by atoms with Crippen molar-refractivity contribution in [1.29, 1.82) is 0 Å². The third-order valence-corrected chi connectivity index (χ3v) is 42.5. The first-order valence-electron chi connectivity index (χ1n) is 51.3. The SMILES string of the molecule is CC(C)(C)C1CCC(C2CC3C4B(C5CC(C6CCCCC6)CCC5N3C3C(C5CCCCC5)CC(C5CCCCC5)CC3C3CCCCC3)C3CCC(C5CC6CCCC7C8CCCC9CCCC(C(C5)C67)C98)CC3N(C3C(C5CCCCC5)CC(C5CCCCC5)CC3C3CCCCC3)C4C2)CC1. The highest BCUT2D eigenvalue weighted by molar-refractivity contribution is 6.65. The summed E-state index contributed by atoms with van der Waals surface area (Å²) in [6.45, 7) is 9.03. The Morgan fingerprint density at radius 3 is 0.981 bits per heavy atom. The summed E-state index contributed by atoms with van der Waals surface area (Å²) < 4.78 is 0. The lowest BCUT2D eigenvalue weighted by atomic mass is 9.18. The number of hydrogen-bond donors (Lipinski definition) is 0. The first-order valence-corrected chi connectivity index (χ1v) is 51.3.